The molecule has 0 bridgehead atoms. The van der Waals surface area contributed by atoms with Gasteiger partial charge in [-0.15, -0.1) is 0 Å². The van der Waals surface area contributed by atoms with E-state index in [1.54, 1.807) is 0 Å². The van der Waals surface area contributed by atoms with Gasteiger partial charge < -0.3 is 0 Å². The number of nitrogens with zero attached hydrogens (tertiary/aromatic N) is 1. The van der Waals surface area contributed by atoms with Crippen LogP contribution in [-0.2, 0) is 11.2 Å². The number of fused-ring (bicyclic) bond motifs is 1. The van der Waals surface area contributed by atoms with Gasteiger partial charge in [-0.25, -0.2) is 0 Å². The van der Waals surface area contributed by atoms with Crippen LogP contribution in [0.2, 0.25) is 0 Å². The molecule has 0 amide bonds. The van der Waals surface area contributed by atoms with Gasteiger partial charge in [0, 0.05) is 23.9 Å². The van der Waals surface area contributed by atoms with Crippen LogP contribution < -0.4 is 0 Å². The van der Waals surface area contributed by atoms with Crippen molar-refractivity contribution in [2.45, 2.75) is 39.5 Å². The highest BCUT2D eigenvalue weighted by Gasteiger charge is 2.30. The molecule has 2 heteroatoms. The van der Waals surface area contributed by atoms with E-state index in [1.165, 1.54) is 10.9 Å². The van der Waals surface area contributed by atoms with Crippen LogP contribution in [0.1, 0.15) is 38.7 Å². The minimum absolute atomic E-state index is 0.192. The molecule has 1 aliphatic carbocycles. The molecule has 1 aromatic heterocycles. The standard InChI is InChI=1S/C19H23NO/c1-13(2)14-7-8-19(21)16(11-14)12-15-9-10-20-18-6-4-3-5-17(15)18/h3-6,9-10,13-14,16H,7-8,11-12H2,1-2H3. The Kier molecular flexibility index (Phi) is 4.05. The minimum Gasteiger partial charge on any atom is -0.299 e. The average Bonchev–Trinajstić information content (AvgIpc) is 2.49. The van der Waals surface area contributed by atoms with Crippen LogP contribution in [0.15, 0.2) is 36.5 Å². The van der Waals surface area contributed by atoms with Crippen LogP contribution in [0.3, 0.4) is 0 Å². The lowest BCUT2D eigenvalue weighted by atomic mass is 9.73. The summed E-state index contributed by atoms with van der Waals surface area (Å²) in [4.78, 5) is 16.7. The summed E-state index contributed by atoms with van der Waals surface area (Å²) in [5.74, 6) is 2.01. The van der Waals surface area contributed by atoms with Gasteiger partial charge in [0.2, 0.25) is 0 Å². The van der Waals surface area contributed by atoms with E-state index in [0.29, 0.717) is 17.6 Å². The average molecular weight is 281 g/mol. The Hall–Kier alpha value is -1.70. The zero-order valence-corrected chi connectivity index (χ0v) is 12.9. The van der Waals surface area contributed by atoms with Gasteiger partial charge in [-0.2, -0.15) is 0 Å². The maximum Gasteiger partial charge on any atom is 0.136 e. The third kappa shape index (κ3) is 2.99. The van der Waals surface area contributed by atoms with Crippen LogP contribution in [0.4, 0.5) is 0 Å². The number of ketones is 1. The highest BCUT2D eigenvalue weighted by Crippen LogP contribution is 2.34. The molecule has 0 aliphatic heterocycles. The van der Waals surface area contributed by atoms with Crippen molar-refractivity contribution >= 4 is 16.7 Å². The second-order valence-corrected chi connectivity index (χ2v) is 6.63. The lowest BCUT2D eigenvalue weighted by molar-refractivity contribution is -0.125. The Morgan fingerprint density at radius 1 is 1.24 bits per heavy atom. The van der Waals surface area contributed by atoms with E-state index in [1.807, 2.05) is 24.4 Å². The predicted molar refractivity (Wildman–Crippen MR) is 86.1 cm³/mol. The zero-order chi connectivity index (χ0) is 14.8. The molecule has 0 N–H and O–H groups in total. The summed E-state index contributed by atoms with van der Waals surface area (Å²) in [5, 5.41) is 1.19. The molecule has 3 rings (SSSR count). The first-order chi connectivity index (χ1) is 10.1. The fourth-order valence-electron chi connectivity index (χ4n) is 3.55. The first kappa shape index (κ1) is 14.2. The number of pyridine rings is 1. The number of carbonyl (C=O) groups is 1. The van der Waals surface area contributed by atoms with Crippen molar-refractivity contribution in [2.75, 3.05) is 0 Å². The van der Waals surface area contributed by atoms with Crippen LogP contribution in [0, 0.1) is 17.8 Å². The monoisotopic (exact) mass is 281 g/mol. The Morgan fingerprint density at radius 3 is 2.86 bits per heavy atom. The van der Waals surface area contributed by atoms with Crippen molar-refractivity contribution < 1.29 is 4.79 Å². The normalized spacial score (nSPS) is 22.9. The molecular weight excluding hydrogens is 258 g/mol. The molecule has 2 nitrogen and oxygen atoms in total. The van der Waals surface area contributed by atoms with E-state index in [9.17, 15) is 4.79 Å². The Labute approximate surface area is 126 Å². The van der Waals surface area contributed by atoms with Crippen molar-refractivity contribution in [1.29, 1.82) is 0 Å². The highest BCUT2D eigenvalue weighted by atomic mass is 16.1. The molecule has 1 heterocycles. The van der Waals surface area contributed by atoms with Gasteiger partial charge in [-0.1, -0.05) is 32.0 Å². The van der Waals surface area contributed by atoms with Crippen molar-refractivity contribution in [3.8, 4) is 0 Å². The van der Waals surface area contributed by atoms with E-state index in [-0.39, 0.29) is 5.92 Å². The molecule has 1 aliphatic rings. The number of carbonyl (C=O) groups excluding carboxylic acids is 1. The molecule has 0 spiro atoms. The van der Waals surface area contributed by atoms with Gasteiger partial charge in [0.05, 0.1) is 5.52 Å². The van der Waals surface area contributed by atoms with E-state index in [0.717, 1.165) is 31.2 Å². The number of Topliss-reactive ketones (excluding diaryl/α,β-unsaturated/α-hetero) is 1. The molecule has 2 atom stereocenters. The summed E-state index contributed by atoms with van der Waals surface area (Å²) >= 11 is 0. The number of aromatic nitrogens is 1. The largest absolute Gasteiger partial charge is 0.299 e. The molecule has 1 aromatic carbocycles. The highest BCUT2D eigenvalue weighted by molar-refractivity contribution is 5.85. The smallest absolute Gasteiger partial charge is 0.136 e. The molecule has 1 fully saturated rings. The minimum atomic E-state index is 0.192. The van der Waals surface area contributed by atoms with Gasteiger partial charge in [0.25, 0.3) is 0 Å². The number of rotatable bonds is 3. The Bertz CT molecular complexity index is 642. The number of hydrogen-bond donors (Lipinski definition) is 0. The zero-order valence-electron chi connectivity index (χ0n) is 12.9. The van der Waals surface area contributed by atoms with Gasteiger partial charge in [0.15, 0.2) is 0 Å². The summed E-state index contributed by atoms with van der Waals surface area (Å²) < 4.78 is 0. The first-order valence-corrected chi connectivity index (χ1v) is 8.00. The summed E-state index contributed by atoms with van der Waals surface area (Å²) in [5.41, 5.74) is 2.29. The van der Waals surface area contributed by atoms with Gasteiger partial charge in [0.1, 0.15) is 5.78 Å². The van der Waals surface area contributed by atoms with Crippen molar-refractivity contribution in [3.05, 3.63) is 42.1 Å². The maximum absolute atomic E-state index is 12.3. The molecule has 0 radical (unpaired) electrons. The van der Waals surface area contributed by atoms with Crippen molar-refractivity contribution in [3.63, 3.8) is 0 Å². The fraction of sp³-hybridized carbons (Fsp3) is 0.474. The van der Waals surface area contributed by atoms with Gasteiger partial charge in [-0.05, 0) is 48.8 Å². The number of hydrogen-bond acceptors (Lipinski definition) is 2. The molecule has 0 saturated heterocycles. The quantitative estimate of drug-likeness (QED) is 0.833. The summed E-state index contributed by atoms with van der Waals surface area (Å²) in [7, 11) is 0. The molecule has 2 unspecified atom stereocenters. The lowest BCUT2D eigenvalue weighted by Crippen LogP contribution is -2.29. The Balaban J connectivity index is 1.85. The second kappa shape index (κ2) is 5.97. The fourth-order valence-corrected chi connectivity index (χ4v) is 3.55. The number of benzene rings is 1. The maximum atomic E-state index is 12.3. The SMILES string of the molecule is CC(C)C1CCC(=O)C(Cc2ccnc3ccccc23)C1. The molecule has 110 valence electrons. The van der Waals surface area contributed by atoms with Crippen LogP contribution >= 0.6 is 0 Å². The molecule has 21 heavy (non-hydrogen) atoms. The third-order valence-corrected chi connectivity index (χ3v) is 4.95. The summed E-state index contributed by atoms with van der Waals surface area (Å²) in [6.45, 7) is 4.55. The summed E-state index contributed by atoms with van der Waals surface area (Å²) in [6.07, 6.45) is 5.61. The lowest BCUT2D eigenvalue weighted by Gasteiger charge is -2.30. The van der Waals surface area contributed by atoms with Crippen LogP contribution in [-0.4, -0.2) is 10.8 Å². The van der Waals surface area contributed by atoms with Crippen molar-refractivity contribution in [2.24, 2.45) is 17.8 Å². The van der Waals surface area contributed by atoms with E-state index < -0.39 is 0 Å². The second-order valence-electron chi connectivity index (χ2n) is 6.63. The van der Waals surface area contributed by atoms with Gasteiger partial charge >= 0.3 is 0 Å². The topological polar surface area (TPSA) is 30.0 Å². The van der Waals surface area contributed by atoms with Gasteiger partial charge in [-0.3, -0.25) is 9.78 Å². The van der Waals surface area contributed by atoms with E-state index in [4.69, 9.17) is 0 Å². The van der Waals surface area contributed by atoms with Crippen LogP contribution in [0.5, 0.6) is 0 Å². The molecule has 2 aromatic rings. The number of para-hydroxylation sites is 1. The Morgan fingerprint density at radius 2 is 2.05 bits per heavy atom. The summed E-state index contributed by atoms with van der Waals surface area (Å²) in [6, 6.07) is 10.3. The van der Waals surface area contributed by atoms with Crippen molar-refractivity contribution in [1.82, 2.24) is 4.98 Å². The van der Waals surface area contributed by atoms with E-state index >= 15 is 0 Å². The predicted octanol–water partition coefficient (Wildman–Crippen LogP) is 4.42. The molecular formula is C19H23NO. The van der Waals surface area contributed by atoms with E-state index in [2.05, 4.69) is 31.0 Å². The third-order valence-electron chi connectivity index (χ3n) is 4.95. The van der Waals surface area contributed by atoms with Crippen LogP contribution in [0.25, 0.3) is 10.9 Å². The molecule has 1 saturated carbocycles. The first-order valence-electron chi connectivity index (χ1n) is 8.00.